The molecule has 1 atom stereocenters. The molecule has 28 heavy (non-hydrogen) atoms. The van der Waals surface area contributed by atoms with Gasteiger partial charge in [-0.2, -0.15) is 0 Å². The fourth-order valence-corrected chi connectivity index (χ4v) is 3.99. The van der Waals surface area contributed by atoms with Crippen LogP contribution >= 0.6 is 0 Å². The van der Waals surface area contributed by atoms with Gasteiger partial charge in [0.25, 0.3) is 0 Å². The predicted octanol–water partition coefficient (Wildman–Crippen LogP) is 3.21. The van der Waals surface area contributed by atoms with Gasteiger partial charge in [0.15, 0.2) is 0 Å². The Balaban J connectivity index is 1.57. The van der Waals surface area contributed by atoms with Gasteiger partial charge in [0.1, 0.15) is 5.58 Å². The number of hydrogen-bond acceptors (Lipinski definition) is 5. The maximum Gasteiger partial charge on any atom is 0.344 e. The Morgan fingerprint density at radius 3 is 2.96 bits per heavy atom. The van der Waals surface area contributed by atoms with E-state index in [9.17, 15) is 4.79 Å². The van der Waals surface area contributed by atoms with Crippen molar-refractivity contribution < 1.29 is 4.42 Å². The average Bonchev–Trinajstić information content (AvgIpc) is 3.12. The van der Waals surface area contributed by atoms with Crippen LogP contribution in [0.3, 0.4) is 0 Å². The quantitative estimate of drug-likeness (QED) is 0.546. The highest BCUT2D eigenvalue weighted by atomic mass is 16.4. The van der Waals surface area contributed by atoms with Crippen molar-refractivity contribution in [2.24, 2.45) is 0 Å². The molecule has 0 bridgehead atoms. The summed E-state index contributed by atoms with van der Waals surface area (Å²) in [6, 6.07) is 10.5. The van der Waals surface area contributed by atoms with Gasteiger partial charge in [-0.15, -0.1) is 0 Å². The minimum Gasteiger partial charge on any atom is -0.422 e. The van der Waals surface area contributed by atoms with E-state index in [-0.39, 0.29) is 5.63 Å². The lowest BCUT2D eigenvalue weighted by Crippen LogP contribution is -2.49. The van der Waals surface area contributed by atoms with Crippen molar-refractivity contribution in [3.63, 3.8) is 0 Å². The van der Waals surface area contributed by atoms with Crippen molar-refractivity contribution >= 4 is 22.2 Å². The highest BCUT2D eigenvalue weighted by Gasteiger charge is 2.17. The van der Waals surface area contributed by atoms with Gasteiger partial charge in [-0.1, -0.05) is 0 Å². The summed E-state index contributed by atoms with van der Waals surface area (Å²) in [5, 5.41) is 4.37. The van der Waals surface area contributed by atoms with Gasteiger partial charge in [0.05, 0.1) is 16.8 Å². The SMILES string of the molecule is Cc1nccn2cc(-c3cc4ccc(N5CCNC(C)C5)cc4oc3=O)cc12. The number of benzene rings is 1. The Hall–Kier alpha value is -3.12. The minimum absolute atomic E-state index is 0.320. The lowest BCUT2D eigenvalue weighted by molar-refractivity contribution is 0.484. The standard InChI is InChI=1S/C22H22N4O2/c1-14-12-25(7-5-23-14)18-4-3-16-9-19(22(27)28-21(16)11-18)17-10-20-15(2)24-6-8-26(20)13-17/h3-4,6,8-11,13-14,23H,5,7,12H2,1-2H3. The third-order valence-corrected chi connectivity index (χ3v) is 5.48. The predicted molar refractivity (Wildman–Crippen MR) is 111 cm³/mol. The molecule has 6 nitrogen and oxygen atoms in total. The maximum absolute atomic E-state index is 12.7. The number of aryl methyl sites for hydroxylation is 1. The smallest absolute Gasteiger partial charge is 0.344 e. The summed E-state index contributed by atoms with van der Waals surface area (Å²) >= 11 is 0. The topological polar surface area (TPSA) is 62.8 Å². The van der Waals surface area contributed by atoms with Gasteiger partial charge >= 0.3 is 5.63 Å². The first-order chi connectivity index (χ1) is 13.6. The van der Waals surface area contributed by atoms with Crippen LogP contribution in [0.15, 0.2) is 58.1 Å². The van der Waals surface area contributed by atoms with Crippen LogP contribution < -0.4 is 15.8 Å². The van der Waals surface area contributed by atoms with E-state index < -0.39 is 0 Å². The van der Waals surface area contributed by atoms with Gasteiger partial charge in [-0.25, -0.2) is 4.79 Å². The van der Waals surface area contributed by atoms with E-state index in [4.69, 9.17) is 4.42 Å². The molecule has 0 amide bonds. The van der Waals surface area contributed by atoms with Crippen molar-refractivity contribution in [2.75, 3.05) is 24.5 Å². The van der Waals surface area contributed by atoms with E-state index in [0.29, 0.717) is 17.2 Å². The molecule has 1 fully saturated rings. The molecule has 4 heterocycles. The van der Waals surface area contributed by atoms with Gasteiger partial charge in [-0.3, -0.25) is 4.98 Å². The van der Waals surface area contributed by atoms with Crippen LogP contribution in [0.25, 0.3) is 27.6 Å². The highest BCUT2D eigenvalue weighted by molar-refractivity contribution is 5.85. The molecule has 6 heteroatoms. The maximum atomic E-state index is 12.7. The molecule has 1 unspecified atom stereocenters. The molecule has 0 radical (unpaired) electrons. The first-order valence-corrected chi connectivity index (χ1v) is 9.58. The Bertz CT molecular complexity index is 1240. The molecular formula is C22H22N4O2. The largest absolute Gasteiger partial charge is 0.422 e. The zero-order valence-electron chi connectivity index (χ0n) is 16.0. The Labute approximate surface area is 162 Å². The summed E-state index contributed by atoms with van der Waals surface area (Å²) in [6.45, 7) is 6.99. The lowest BCUT2D eigenvalue weighted by Gasteiger charge is -2.33. The van der Waals surface area contributed by atoms with Gasteiger partial charge in [-0.05, 0) is 38.1 Å². The number of piperazine rings is 1. The van der Waals surface area contributed by atoms with Crippen LogP contribution in [0.4, 0.5) is 5.69 Å². The van der Waals surface area contributed by atoms with Crippen molar-refractivity contribution in [1.29, 1.82) is 0 Å². The molecule has 0 aliphatic carbocycles. The number of nitrogens with zero attached hydrogens (tertiary/aromatic N) is 3. The van der Waals surface area contributed by atoms with Crippen LogP contribution in [0, 0.1) is 6.92 Å². The second-order valence-corrected chi connectivity index (χ2v) is 7.50. The molecule has 1 aliphatic heterocycles. The number of rotatable bonds is 2. The second kappa shape index (κ2) is 6.49. The third kappa shape index (κ3) is 2.86. The summed E-state index contributed by atoms with van der Waals surface area (Å²) in [4.78, 5) is 19.4. The van der Waals surface area contributed by atoms with Crippen LogP contribution in [0.5, 0.6) is 0 Å². The summed E-state index contributed by atoms with van der Waals surface area (Å²) < 4.78 is 7.69. The third-order valence-electron chi connectivity index (χ3n) is 5.48. The monoisotopic (exact) mass is 374 g/mol. The van der Waals surface area contributed by atoms with Gasteiger partial charge in [0.2, 0.25) is 0 Å². The second-order valence-electron chi connectivity index (χ2n) is 7.50. The van der Waals surface area contributed by atoms with Crippen LogP contribution in [-0.2, 0) is 0 Å². The first kappa shape index (κ1) is 17.0. The molecular weight excluding hydrogens is 352 g/mol. The summed E-state index contributed by atoms with van der Waals surface area (Å²) in [6.07, 6.45) is 5.58. The molecule has 0 spiro atoms. The normalized spacial score (nSPS) is 17.5. The molecule has 142 valence electrons. The average molecular weight is 374 g/mol. The number of fused-ring (bicyclic) bond motifs is 2. The zero-order valence-corrected chi connectivity index (χ0v) is 16.0. The van der Waals surface area contributed by atoms with E-state index in [1.807, 2.05) is 48.0 Å². The lowest BCUT2D eigenvalue weighted by atomic mass is 10.1. The van der Waals surface area contributed by atoms with Crippen molar-refractivity contribution in [1.82, 2.24) is 14.7 Å². The summed E-state index contributed by atoms with van der Waals surface area (Å²) in [5.74, 6) is 0. The van der Waals surface area contributed by atoms with E-state index in [1.54, 1.807) is 6.20 Å². The summed E-state index contributed by atoms with van der Waals surface area (Å²) in [7, 11) is 0. The van der Waals surface area contributed by atoms with Gasteiger partial charge < -0.3 is 19.0 Å². The highest BCUT2D eigenvalue weighted by Crippen LogP contribution is 2.27. The Morgan fingerprint density at radius 1 is 1.25 bits per heavy atom. The number of nitrogens with one attached hydrogen (secondary N) is 1. The molecule has 1 N–H and O–H groups in total. The zero-order chi connectivity index (χ0) is 19.3. The molecule has 0 saturated carbocycles. The summed E-state index contributed by atoms with van der Waals surface area (Å²) in [5.41, 5.74) is 4.71. The number of aromatic nitrogens is 2. The Kier molecular flexibility index (Phi) is 3.94. The first-order valence-electron chi connectivity index (χ1n) is 9.58. The fraction of sp³-hybridized carbons (Fsp3) is 0.273. The van der Waals surface area contributed by atoms with E-state index in [1.165, 1.54) is 0 Å². The Morgan fingerprint density at radius 2 is 2.14 bits per heavy atom. The van der Waals surface area contributed by atoms with E-state index in [2.05, 4.69) is 28.2 Å². The molecule has 5 rings (SSSR count). The molecule has 1 aliphatic rings. The van der Waals surface area contributed by atoms with E-state index >= 15 is 0 Å². The van der Waals surface area contributed by atoms with Crippen molar-refractivity contribution in [3.8, 4) is 11.1 Å². The minimum atomic E-state index is -0.320. The van der Waals surface area contributed by atoms with Crippen molar-refractivity contribution in [3.05, 3.63) is 65.0 Å². The molecule has 1 aromatic carbocycles. The van der Waals surface area contributed by atoms with Crippen molar-refractivity contribution in [2.45, 2.75) is 19.9 Å². The fourth-order valence-electron chi connectivity index (χ4n) is 3.99. The van der Waals surface area contributed by atoms with Crippen LogP contribution in [0.2, 0.25) is 0 Å². The van der Waals surface area contributed by atoms with E-state index in [0.717, 1.165) is 47.5 Å². The molecule has 1 saturated heterocycles. The number of anilines is 1. The molecule has 4 aromatic rings. The number of hydrogen-bond donors (Lipinski definition) is 1. The molecule has 3 aromatic heterocycles. The van der Waals surface area contributed by atoms with Gasteiger partial charge in [0, 0.05) is 67.0 Å². The van der Waals surface area contributed by atoms with Crippen LogP contribution in [-0.4, -0.2) is 35.1 Å². The van der Waals surface area contributed by atoms with Crippen LogP contribution in [0.1, 0.15) is 12.6 Å².